The van der Waals surface area contributed by atoms with Crippen LogP contribution in [0.3, 0.4) is 0 Å². The molecule has 5 nitrogen and oxygen atoms in total. The Morgan fingerprint density at radius 3 is 1.62 bits per heavy atom. The largest absolute Gasteiger partial charge is 0.457 e. The van der Waals surface area contributed by atoms with Crippen molar-refractivity contribution in [3.8, 4) is 11.5 Å². The molecule has 0 fully saturated rings. The summed E-state index contributed by atoms with van der Waals surface area (Å²) in [6.07, 6.45) is 8.36. The maximum Gasteiger partial charge on any atom is 0.133 e. The Morgan fingerprint density at radius 1 is 0.718 bits per heavy atom. The van der Waals surface area contributed by atoms with Crippen molar-refractivity contribution in [1.82, 2.24) is 9.97 Å². The summed E-state index contributed by atoms with van der Waals surface area (Å²) in [5.74, 6) is 1.75. The Kier molecular flexibility index (Phi) is 5.73. The van der Waals surface area contributed by atoms with Crippen LogP contribution in [0.2, 0.25) is 0 Å². The van der Waals surface area contributed by atoms with Gasteiger partial charge in [-0.15, -0.1) is 0 Å². The summed E-state index contributed by atoms with van der Waals surface area (Å²) in [6, 6.07) is 9.22. The van der Waals surface area contributed by atoms with E-state index in [1.54, 1.807) is 6.20 Å². The number of aryl methyl sites for hydroxylation is 1. The number of hydrogen-bond acceptors (Lipinski definition) is 5. The third kappa shape index (κ3) is 3.81. The highest BCUT2D eigenvalue weighted by molar-refractivity contribution is 5.86. The summed E-state index contributed by atoms with van der Waals surface area (Å²) < 4.78 is 6.85. The Bertz CT molecular complexity index is 1470. The van der Waals surface area contributed by atoms with Crippen molar-refractivity contribution in [1.29, 1.82) is 0 Å². The van der Waals surface area contributed by atoms with Crippen molar-refractivity contribution in [2.24, 2.45) is 0 Å². The van der Waals surface area contributed by atoms with Crippen LogP contribution in [0.1, 0.15) is 94.9 Å². The first kappa shape index (κ1) is 25.7. The van der Waals surface area contributed by atoms with Crippen LogP contribution in [0, 0.1) is 6.92 Å². The van der Waals surface area contributed by atoms with Crippen molar-refractivity contribution in [2.45, 2.75) is 79.3 Å². The standard InChI is InChI=1S/C34H40N4O/c1-10-37-27-16-29-25(14-23(27)20(3)18-33(37,6)7)31(32-22(5)35-12-13-36-32)26-15-24-21(4)19-34(8,9)38(11-2)28(24)17-30(26)39-29/h12-19,31H,10-11H2,1-9H3. The van der Waals surface area contributed by atoms with Crippen molar-refractivity contribution in [2.75, 3.05) is 22.9 Å². The van der Waals surface area contributed by atoms with E-state index in [0.717, 1.165) is 47.1 Å². The third-order valence-corrected chi connectivity index (χ3v) is 8.89. The number of nitrogens with zero attached hydrogens (tertiary/aromatic N) is 4. The van der Waals surface area contributed by atoms with Crippen LogP contribution in [0.4, 0.5) is 11.4 Å². The molecule has 0 amide bonds. The van der Waals surface area contributed by atoms with Gasteiger partial charge in [-0.05, 0) is 85.6 Å². The van der Waals surface area contributed by atoms with Crippen molar-refractivity contribution >= 4 is 22.5 Å². The molecule has 0 radical (unpaired) electrons. The third-order valence-electron chi connectivity index (χ3n) is 8.89. The molecule has 0 unspecified atom stereocenters. The van der Waals surface area contributed by atoms with Gasteiger partial charge >= 0.3 is 0 Å². The van der Waals surface area contributed by atoms with Crippen LogP contribution >= 0.6 is 0 Å². The molecule has 0 aliphatic carbocycles. The average Bonchev–Trinajstić information content (AvgIpc) is 2.86. The molecule has 2 aromatic carbocycles. The molecule has 4 heterocycles. The van der Waals surface area contributed by atoms with Gasteiger partial charge in [0, 0.05) is 71.2 Å². The summed E-state index contributed by atoms with van der Waals surface area (Å²) in [4.78, 5) is 14.5. The second kappa shape index (κ2) is 8.70. The zero-order valence-electron chi connectivity index (χ0n) is 24.8. The number of fused-ring (bicyclic) bond motifs is 4. The maximum absolute atomic E-state index is 6.85. The topological polar surface area (TPSA) is 41.5 Å². The van der Waals surface area contributed by atoms with E-state index in [-0.39, 0.29) is 17.0 Å². The van der Waals surface area contributed by atoms with Gasteiger partial charge in [-0.25, -0.2) is 0 Å². The van der Waals surface area contributed by atoms with Crippen LogP contribution in [0.25, 0.3) is 11.1 Å². The molecule has 5 heteroatoms. The summed E-state index contributed by atoms with van der Waals surface area (Å²) in [5.41, 5.74) is 11.7. The Hall–Kier alpha value is -3.60. The van der Waals surface area contributed by atoms with E-state index >= 15 is 0 Å². The quantitative estimate of drug-likeness (QED) is 0.273. The molecule has 0 atom stereocenters. The second-order valence-electron chi connectivity index (χ2n) is 12.3. The second-order valence-corrected chi connectivity index (χ2v) is 12.3. The highest BCUT2D eigenvalue weighted by Crippen LogP contribution is 2.54. The molecule has 3 aliphatic rings. The molecular formula is C34H40N4O. The van der Waals surface area contributed by atoms with Crippen LogP contribution in [-0.2, 0) is 0 Å². The van der Waals surface area contributed by atoms with E-state index in [0.29, 0.717) is 0 Å². The van der Waals surface area contributed by atoms with Gasteiger partial charge in [-0.2, -0.15) is 0 Å². The van der Waals surface area contributed by atoms with E-state index < -0.39 is 0 Å². The fourth-order valence-electron chi connectivity index (χ4n) is 7.31. The molecular weight excluding hydrogens is 480 g/mol. The maximum atomic E-state index is 6.85. The summed E-state index contributed by atoms with van der Waals surface area (Å²) in [5, 5.41) is 0. The number of benzene rings is 2. The molecule has 0 spiro atoms. The highest BCUT2D eigenvalue weighted by Gasteiger charge is 2.38. The first-order valence-corrected chi connectivity index (χ1v) is 14.2. The fourth-order valence-corrected chi connectivity index (χ4v) is 7.31. The van der Waals surface area contributed by atoms with Crippen molar-refractivity contribution < 1.29 is 4.74 Å². The molecule has 1 aromatic heterocycles. The number of ether oxygens (including phenoxy) is 1. The molecule has 0 saturated carbocycles. The zero-order chi connectivity index (χ0) is 27.9. The number of allylic oxidation sites excluding steroid dienone is 2. The van der Waals surface area contributed by atoms with Crippen LogP contribution in [-0.4, -0.2) is 34.1 Å². The van der Waals surface area contributed by atoms with E-state index in [1.807, 2.05) is 6.20 Å². The molecule has 39 heavy (non-hydrogen) atoms. The summed E-state index contributed by atoms with van der Waals surface area (Å²) in [7, 11) is 0. The SMILES string of the molecule is CCN1c2cc3c(cc2C(C)=CC1(C)C)C(c1nccnc1C)c1cc2c(cc1O3)N(CC)C(C)(C)C=C2C. The normalized spacial score (nSPS) is 18.8. The Morgan fingerprint density at radius 2 is 1.18 bits per heavy atom. The van der Waals surface area contributed by atoms with Crippen molar-refractivity contribution in [3.63, 3.8) is 0 Å². The van der Waals surface area contributed by atoms with Gasteiger partial charge in [-0.1, -0.05) is 12.2 Å². The molecule has 202 valence electrons. The molecule has 6 rings (SSSR count). The predicted molar refractivity (Wildman–Crippen MR) is 162 cm³/mol. The summed E-state index contributed by atoms with van der Waals surface area (Å²) in [6.45, 7) is 22.0. The predicted octanol–water partition coefficient (Wildman–Crippen LogP) is 8.11. The first-order valence-electron chi connectivity index (χ1n) is 14.2. The number of likely N-dealkylation sites (N-methyl/N-ethyl adjacent to an activating group) is 2. The summed E-state index contributed by atoms with van der Waals surface area (Å²) >= 11 is 0. The highest BCUT2D eigenvalue weighted by atomic mass is 16.5. The van der Waals surface area contributed by atoms with E-state index in [1.165, 1.54) is 33.6 Å². The lowest BCUT2D eigenvalue weighted by atomic mass is 9.79. The smallest absolute Gasteiger partial charge is 0.133 e. The Labute approximate surface area is 233 Å². The van der Waals surface area contributed by atoms with Crippen molar-refractivity contribution in [3.05, 3.63) is 82.5 Å². The molecule has 3 aromatic rings. The lowest BCUT2D eigenvalue weighted by Crippen LogP contribution is -2.45. The zero-order valence-corrected chi connectivity index (χ0v) is 24.8. The minimum atomic E-state index is -0.0660. The van der Waals surface area contributed by atoms with Gasteiger partial charge < -0.3 is 14.5 Å². The minimum absolute atomic E-state index is 0.0658. The monoisotopic (exact) mass is 520 g/mol. The first-order chi connectivity index (χ1) is 18.5. The van der Waals surface area contributed by atoms with E-state index in [2.05, 4.69) is 114 Å². The van der Waals surface area contributed by atoms with Gasteiger partial charge in [0.25, 0.3) is 0 Å². The lowest BCUT2D eigenvalue weighted by Gasteiger charge is -2.44. The lowest BCUT2D eigenvalue weighted by molar-refractivity contribution is 0.449. The number of hydrogen-bond donors (Lipinski definition) is 0. The van der Waals surface area contributed by atoms with Gasteiger partial charge in [0.05, 0.1) is 28.4 Å². The number of aromatic nitrogens is 2. The van der Waals surface area contributed by atoms with Crippen LogP contribution in [0.5, 0.6) is 11.5 Å². The van der Waals surface area contributed by atoms with Gasteiger partial charge in [0.15, 0.2) is 0 Å². The van der Waals surface area contributed by atoms with Gasteiger partial charge in [0.2, 0.25) is 0 Å². The van der Waals surface area contributed by atoms with Gasteiger partial charge in [-0.3, -0.25) is 9.97 Å². The molecule has 0 N–H and O–H groups in total. The molecule has 0 bridgehead atoms. The molecule has 3 aliphatic heterocycles. The van der Waals surface area contributed by atoms with Crippen LogP contribution in [0.15, 0.2) is 48.8 Å². The van der Waals surface area contributed by atoms with Crippen LogP contribution < -0.4 is 14.5 Å². The fraction of sp³-hybridized carbons (Fsp3) is 0.412. The van der Waals surface area contributed by atoms with E-state index in [9.17, 15) is 0 Å². The minimum Gasteiger partial charge on any atom is -0.457 e. The number of rotatable bonds is 3. The van der Waals surface area contributed by atoms with Gasteiger partial charge in [0.1, 0.15) is 11.5 Å². The van der Waals surface area contributed by atoms with E-state index in [4.69, 9.17) is 9.72 Å². The average molecular weight is 521 g/mol. The molecule has 0 saturated heterocycles. The Balaban J connectivity index is 1.63. The number of anilines is 2.